The van der Waals surface area contributed by atoms with Crippen LogP contribution in [0.15, 0.2) is 22.2 Å². The molecule has 0 aliphatic heterocycles. The first kappa shape index (κ1) is 16.9. The molecular weight excluding hydrogens is 347 g/mol. The molecule has 1 aromatic carbocycles. The molecular formula is C14H10BrFO5. The van der Waals surface area contributed by atoms with Gasteiger partial charge in [-0.05, 0) is 35.0 Å². The van der Waals surface area contributed by atoms with Gasteiger partial charge in [-0.25, -0.2) is 18.8 Å². The minimum Gasteiger partial charge on any atom is -0.506 e. The number of phenolic OH excluding ortho intramolecular Hbond substituents is 1. The number of esters is 1. The van der Waals surface area contributed by atoms with Crippen LogP contribution in [0.4, 0.5) is 4.39 Å². The molecule has 0 saturated carbocycles. The van der Waals surface area contributed by atoms with Crippen molar-refractivity contribution < 1.29 is 28.6 Å². The van der Waals surface area contributed by atoms with Gasteiger partial charge >= 0.3 is 5.97 Å². The molecule has 0 radical (unpaired) electrons. The lowest BCUT2D eigenvalue weighted by atomic mass is 9.99. The molecule has 0 heterocycles. The summed E-state index contributed by atoms with van der Waals surface area (Å²) in [7, 11) is 0. The monoisotopic (exact) mass is 356 g/mol. The number of allylic oxidation sites excluding steroid dienone is 1. The minimum atomic E-state index is -0.935. The Labute approximate surface area is 127 Å². The van der Waals surface area contributed by atoms with E-state index in [2.05, 4.69) is 20.7 Å². The number of ether oxygens (including phenoxy) is 1. The first-order chi connectivity index (χ1) is 9.94. The van der Waals surface area contributed by atoms with E-state index < -0.39 is 29.5 Å². The summed E-state index contributed by atoms with van der Waals surface area (Å²) in [4.78, 5) is 33.2. The van der Waals surface area contributed by atoms with Gasteiger partial charge in [0.2, 0.25) is 0 Å². The van der Waals surface area contributed by atoms with Gasteiger partial charge in [0, 0.05) is 12.0 Å². The molecule has 0 amide bonds. The average molecular weight is 357 g/mol. The van der Waals surface area contributed by atoms with Gasteiger partial charge in [-0.15, -0.1) is 0 Å². The predicted molar refractivity (Wildman–Crippen MR) is 75.3 cm³/mol. The zero-order chi connectivity index (χ0) is 16.0. The van der Waals surface area contributed by atoms with Crippen molar-refractivity contribution in [1.82, 2.24) is 0 Å². The van der Waals surface area contributed by atoms with Crippen molar-refractivity contribution in [3.05, 3.63) is 33.6 Å². The Morgan fingerprint density at radius 3 is 2.57 bits per heavy atom. The summed E-state index contributed by atoms with van der Waals surface area (Å²) < 4.78 is 18.0. The molecule has 0 atom stereocenters. The van der Waals surface area contributed by atoms with E-state index in [4.69, 9.17) is 0 Å². The average Bonchev–Trinajstić information content (AvgIpc) is 2.44. The van der Waals surface area contributed by atoms with Gasteiger partial charge in [-0.2, -0.15) is 0 Å². The van der Waals surface area contributed by atoms with E-state index in [-0.39, 0.29) is 22.2 Å². The van der Waals surface area contributed by atoms with Crippen molar-refractivity contribution in [1.29, 1.82) is 0 Å². The maximum absolute atomic E-state index is 13.3. The highest BCUT2D eigenvalue weighted by Crippen LogP contribution is 2.34. The lowest BCUT2D eigenvalue weighted by Crippen LogP contribution is -2.09. The zero-order valence-corrected chi connectivity index (χ0v) is 12.5. The highest BCUT2D eigenvalue weighted by Gasteiger charge is 2.20. The van der Waals surface area contributed by atoms with Crippen LogP contribution in [0.5, 0.6) is 5.75 Å². The first-order valence-electron chi connectivity index (χ1n) is 5.78. The molecule has 1 N–H and O–H groups in total. The van der Waals surface area contributed by atoms with E-state index in [1.807, 2.05) is 0 Å². The molecule has 0 aromatic heterocycles. The number of carbonyl (C=O) groups excluding carboxylic acids is 3. The fourth-order valence-electron chi connectivity index (χ4n) is 1.53. The van der Waals surface area contributed by atoms with Gasteiger partial charge in [0.1, 0.15) is 29.0 Å². The largest absolute Gasteiger partial charge is 0.506 e. The van der Waals surface area contributed by atoms with Crippen LogP contribution in [0.2, 0.25) is 0 Å². The Bertz CT molecular complexity index is 670. The minimum absolute atomic E-state index is 0.0259. The van der Waals surface area contributed by atoms with Gasteiger partial charge in [-0.3, -0.25) is 0 Å². The molecule has 0 spiro atoms. The van der Waals surface area contributed by atoms with Crippen LogP contribution in [0, 0.1) is 5.82 Å². The van der Waals surface area contributed by atoms with Crippen LogP contribution >= 0.6 is 15.9 Å². The molecule has 1 aromatic rings. The van der Waals surface area contributed by atoms with E-state index in [9.17, 15) is 23.9 Å². The third-order valence-corrected chi connectivity index (χ3v) is 3.08. The second-order valence-corrected chi connectivity index (χ2v) is 4.70. The summed E-state index contributed by atoms with van der Waals surface area (Å²) in [5.74, 6) is 0.815. The predicted octanol–water partition coefficient (Wildman–Crippen LogP) is 2.22. The molecule has 1 rings (SSSR count). The van der Waals surface area contributed by atoms with Crippen molar-refractivity contribution in [3.8, 4) is 5.75 Å². The zero-order valence-electron chi connectivity index (χ0n) is 10.9. The Hall–Kier alpha value is -2.20. The van der Waals surface area contributed by atoms with Crippen LogP contribution in [0.1, 0.15) is 18.9 Å². The van der Waals surface area contributed by atoms with Gasteiger partial charge < -0.3 is 9.84 Å². The number of hydrogen-bond donors (Lipinski definition) is 1. The van der Waals surface area contributed by atoms with Crippen LogP contribution in [-0.2, 0) is 19.1 Å². The molecule has 0 aliphatic carbocycles. The highest BCUT2D eigenvalue weighted by atomic mass is 79.9. The van der Waals surface area contributed by atoms with Crippen LogP contribution in [0.25, 0.3) is 5.57 Å². The lowest BCUT2D eigenvalue weighted by molar-refractivity contribution is -0.138. The summed E-state index contributed by atoms with van der Waals surface area (Å²) in [5.41, 5.74) is -0.886. The fourth-order valence-corrected chi connectivity index (χ4v) is 1.96. The van der Waals surface area contributed by atoms with E-state index in [1.54, 1.807) is 6.92 Å². The fraction of sp³-hybridized carbons (Fsp3) is 0.214. The van der Waals surface area contributed by atoms with Crippen molar-refractivity contribution in [2.75, 3.05) is 6.61 Å². The molecule has 5 nitrogen and oxygen atoms in total. The summed E-state index contributed by atoms with van der Waals surface area (Å²) >= 11 is 2.92. The lowest BCUT2D eigenvalue weighted by Gasteiger charge is -2.08. The third kappa shape index (κ3) is 4.13. The van der Waals surface area contributed by atoms with Gasteiger partial charge in [0.15, 0.2) is 0 Å². The van der Waals surface area contributed by atoms with Crippen molar-refractivity contribution >= 4 is 39.4 Å². The van der Waals surface area contributed by atoms with E-state index >= 15 is 0 Å². The quantitative estimate of drug-likeness (QED) is 0.497. The number of hydrogen-bond acceptors (Lipinski definition) is 5. The molecule has 0 saturated heterocycles. The van der Waals surface area contributed by atoms with Crippen molar-refractivity contribution in [2.24, 2.45) is 0 Å². The second-order valence-electron chi connectivity index (χ2n) is 3.84. The highest BCUT2D eigenvalue weighted by molar-refractivity contribution is 9.10. The first-order valence-corrected chi connectivity index (χ1v) is 6.57. The smallest absolute Gasteiger partial charge is 0.345 e. The standard InChI is InChI=1S/C14H10BrFO5/c1-2-21-14(20)9(7-18)3-8(6-17)11-4-10(16)5-12(15)13(11)19/h4-5,19H,2-3H2,1H3. The molecule has 0 aliphatic rings. The molecule has 110 valence electrons. The maximum atomic E-state index is 13.3. The number of aromatic hydroxyl groups is 1. The number of benzene rings is 1. The van der Waals surface area contributed by atoms with Gasteiger partial charge in [0.25, 0.3) is 0 Å². The molecule has 0 fully saturated rings. The van der Waals surface area contributed by atoms with E-state index in [0.29, 0.717) is 0 Å². The third-order valence-electron chi connectivity index (χ3n) is 2.48. The molecule has 21 heavy (non-hydrogen) atoms. The summed E-state index contributed by atoms with van der Waals surface area (Å²) in [6.07, 6.45) is -0.477. The Balaban J connectivity index is 3.20. The number of phenols is 1. The van der Waals surface area contributed by atoms with Gasteiger partial charge in [0.05, 0.1) is 16.7 Å². The summed E-state index contributed by atoms with van der Waals surface area (Å²) in [5, 5.41) is 9.81. The number of carbonyl (C=O) groups is 1. The van der Waals surface area contributed by atoms with Crippen LogP contribution in [0.3, 0.4) is 0 Å². The number of rotatable bonds is 5. The Kier molecular flexibility index (Phi) is 6.06. The van der Waals surface area contributed by atoms with Crippen LogP contribution < -0.4 is 0 Å². The molecule has 0 unspecified atom stereocenters. The van der Waals surface area contributed by atoms with E-state index in [0.717, 1.165) is 12.1 Å². The summed E-state index contributed by atoms with van der Waals surface area (Å²) in [6, 6.07) is 1.90. The number of halogens is 2. The SMILES string of the molecule is CCOC(=O)C(=C=O)CC(=C=O)c1cc(F)cc(Br)c1O. The Morgan fingerprint density at radius 1 is 1.38 bits per heavy atom. The van der Waals surface area contributed by atoms with Crippen LogP contribution in [-0.4, -0.2) is 29.6 Å². The van der Waals surface area contributed by atoms with Crippen molar-refractivity contribution in [2.45, 2.75) is 13.3 Å². The molecule has 7 heteroatoms. The normalized spacial score (nSPS) is 9.48. The second kappa shape index (κ2) is 7.55. The van der Waals surface area contributed by atoms with E-state index in [1.165, 1.54) is 11.9 Å². The molecule has 0 bridgehead atoms. The topological polar surface area (TPSA) is 80.7 Å². The summed E-state index contributed by atoms with van der Waals surface area (Å²) in [6.45, 7) is 1.59. The Morgan fingerprint density at radius 2 is 2.05 bits per heavy atom. The van der Waals surface area contributed by atoms with Crippen molar-refractivity contribution in [3.63, 3.8) is 0 Å². The maximum Gasteiger partial charge on any atom is 0.345 e. The van der Waals surface area contributed by atoms with Gasteiger partial charge in [-0.1, -0.05) is 0 Å².